The van der Waals surface area contributed by atoms with Crippen molar-refractivity contribution in [1.29, 1.82) is 5.26 Å². The van der Waals surface area contributed by atoms with E-state index in [2.05, 4.69) is 31.0 Å². The third kappa shape index (κ3) is 5.13. The van der Waals surface area contributed by atoms with Gasteiger partial charge in [0.05, 0.1) is 43.9 Å². The van der Waals surface area contributed by atoms with E-state index in [0.717, 1.165) is 12.4 Å². The van der Waals surface area contributed by atoms with E-state index in [4.69, 9.17) is 13.9 Å². The number of sulfonamides is 1. The Balaban J connectivity index is 1.56. The van der Waals surface area contributed by atoms with Crippen molar-refractivity contribution >= 4 is 21.9 Å². The van der Waals surface area contributed by atoms with Gasteiger partial charge in [0.2, 0.25) is 27.7 Å². The van der Waals surface area contributed by atoms with Crippen LogP contribution in [0.4, 0.5) is 16.3 Å². The van der Waals surface area contributed by atoms with Crippen LogP contribution in [0.15, 0.2) is 47.1 Å². The molecule has 0 saturated carbocycles. The zero-order valence-electron chi connectivity index (χ0n) is 21.8. The lowest BCUT2D eigenvalue weighted by Gasteiger charge is -2.34. The molecule has 0 aliphatic carbocycles. The molecule has 13 nitrogen and oxygen atoms in total. The molecule has 4 aromatic rings. The highest BCUT2D eigenvalue weighted by molar-refractivity contribution is 7.93. The molecular formula is C25H25FN8O5S. The summed E-state index contributed by atoms with van der Waals surface area (Å²) >= 11 is 0. The Labute approximate surface area is 229 Å². The second-order valence-electron chi connectivity index (χ2n) is 9.04. The van der Waals surface area contributed by atoms with Crippen molar-refractivity contribution in [3.05, 3.63) is 54.3 Å². The van der Waals surface area contributed by atoms with E-state index >= 15 is 0 Å². The van der Waals surface area contributed by atoms with Crippen molar-refractivity contribution in [2.24, 2.45) is 5.92 Å². The van der Waals surface area contributed by atoms with Crippen LogP contribution in [-0.4, -0.2) is 65.7 Å². The second-order valence-corrected chi connectivity index (χ2v) is 11.0. The van der Waals surface area contributed by atoms with Crippen LogP contribution >= 0.6 is 0 Å². The molecule has 0 unspecified atom stereocenters. The molecule has 0 radical (unpaired) electrons. The van der Waals surface area contributed by atoms with Crippen molar-refractivity contribution < 1.29 is 26.7 Å². The number of nitrogens with one attached hydrogen (secondary N) is 1. The van der Waals surface area contributed by atoms with Gasteiger partial charge in [-0.05, 0) is 37.6 Å². The van der Waals surface area contributed by atoms with E-state index in [1.807, 2.05) is 0 Å². The largest absolute Gasteiger partial charge is 0.494 e. The molecule has 1 N–H and O–H groups in total. The molecule has 5 rings (SSSR count). The maximum absolute atomic E-state index is 13.8. The molecular weight excluding hydrogens is 543 g/mol. The van der Waals surface area contributed by atoms with Crippen LogP contribution in [-0.2, 0) is 10.0 Å². The van der Waals surface area contributed by atoms with E-state index < -0.39 is 27.0 Å². The molecule has 3 aromatic heterocycles. The molecule has 40 heavy (non-hydrogen) atoms. The topological polar surface area (TPSA) is 161 Å². The van der Waals surface area contributed by atoms with Crippen LogP contribution in [0.25, 0.3) is 17.3 Å². The molecule has 15 heteroatoms. The quantitative estimate of drug-likeness (QED) is 0.333. The fourth-order valence-corrected chi connectivity index (χ4v) is 5.96. The SMILES string of the molecule is COc1cccc(OC)c1-n1c(NS(=O)(=O)[C@H]2C[C@@H](C#N)CN(c3ncc(F)cn3)C2)nnc1-c1ccc(C)o1. The number of piperidine rings is 1. The number of rotatable bonds is 8. The number of furan rings is 1. The van der Waals surface area contributed by atoms with E-state index in [1.54, 1.807) is 42.2 Å². The minimum Gasteiger partial charge on any atom is -0.494 e. The lowest BCUT2D eigenvalue weighted by molar-refractivity contribution is 0.391. The molecule has 0 spiro atoms. The summed E-state index contributed by atoms with van der Waals surface area (Å²) in [5.41, 5.74) is 0.346. The van der Waals surface area contributed by atoms with Crippen molar-refractivity contribution in [3.8, 4) is 34.8 Å². The lowest BCUT2D eigenvalue weighted by Crippen LogP contribution is -2.48. The first kappa shape index (κ1) is 26.9. The van der Waals surface area contributed by atoms with Crippen LogP contribution < -0.4 is 19.1 Å². The average molecular weight is 569 g/mol. The number of hydrogen-bond donors (Lipinski definition) is 1. The van der Waals surface area contributed by atoms with Gasteiger partial charge in [-0.25, -0.2) is 22.8 Å². The van der Waals surface area contributed by atoms with Gasteiger partial charge in [0.15, 0.2) is 11.6 Å². The summed E-state index contributed by atoms with van der Waals surface area (Å²) in [6, 6.07) is 10.7. The minimum atomic E-state index is -4.17. The summed E-state index contributed by atoms with van der Waals surface area (Å²) in [5.74, 6) is 0.603. The Morgan fingerprint density at radius 3 is 2.40 bits per heavy atom. The fraction of sp³-hybridized carbons (Fsp3) is 0.320. The molecule has 208 valence electrons. The van der Waals surface area contributed by atoms with Crippen molar-refractivity contribution in [3.63, 3.8) is 0 Å². The Morgan fingerprint density at radius 2 is 1.80 bits per heavy atom. The molecule has 1 aliphatic heterocycles. The average Bonchev–Trinajstić information content (AvgIpc) is 3.57. The van der Waals surface area contributed by atoms with Gasteiger partial charge >= 0.3 is 0 Å². The third-order valence-corrected chi connectivity index (χ3v) is 8.09. The molecule has 2 atom stereocenters. The Morgan fingerprint density at radius 1 is 1.10 bits per heavy atom. The van der Waals surface area contributed by atoms with Gasteiger partial charge < -0.3 is 18.8 Å². The first-order valence-electron chi connectivity index (χ1n) is 12.1. The predicted octanol–water partition coefficient (Wildman–Crippen LogP) is 2.94. The van der Waals surface area contributed by atoms with Crippen LogP contribution in [0, 0.1) is 30.0 Å². The summed E-state index contributed by atoms with van der Waals surface area (Å²) in [6.45, 7) is 1.93. The summed E-state index contributed by atoms with van der Waals surface area (Å²) in [5, 5.41) is 17.0. The maximum atomic E-state index is 13.8. The number of ether oxygens (including phenoxy) is 2. The van der Waals surface area contributed by atoms with Gasteiger partial charge in [-0.3, -0.25) is 9.29 Å². The lowest BCUT2D eigenvalue weighted by atomic mass is 9.99. The highest BCUT2D eigenvalue weighted by atomic mass is 32.2. The zero-order chi connectivity index (χ0) is 28.4. The molecule has 1 aromatic carbocycles. The number of benzene rings is 1. The first-order valence-corrected chi connectivity index (χ1v) is 13.7. The number of para-hydroxylation sites is 1. The fourth-order valence-electron chi connectivity index (χ4n) is 4.54. The zero-order valence-corrected chi connectivity index (χ0v) is 22.6. The standard InChI is InChI=1S/C25H25FN8O5S/c1-15-7-8-21(39-15)23-30-31-25(34(23)22-19(37-2)5-4-6-20(22)38-3)32-40(35,36)18-9-16(10-27)13-33(14-18)24-28-11-17(26)12-29-24/h4-8,11-12,16,18H,9,13-14H2,1-3H3,(H,31,32)/t16-,18-/m0/s1. The number of anilines is 2. The molecule has 4 heterocycles. The molecule has 1 aliphatic rings. The van der Waals surface area contributed by atoms with Crippen molar-refractivity contribution in [2.45, 2.75) is 18.6 Å². The Kier molecular flexibility index (Phi) is 7.26. The van der Waals surface area contributed by atoms with Crippen molar-refractivity contribution in [1.82, 2.24) is 24.7 Å². The minimum absolute atomic E-state index is 0.0322. The molecule has 1 fully saturated rings. The summed E-state index contributed by atoms with van der Waals surface area (Å²) in [7, 11) is -1.23. The first-order chi connectivity index (χ1) is 19.2. The van der Waals surface area contributed by atoms with Crippen LogP contribution in [0.3, 0.4) is 0 Å². The molecule has 1 saturated heterocycles. The third-order valence-electron chi connectivity index (χ3n) is 6.41. The number of aromatic nitrogens is 5. The predicted molar refractivity (Wildman–Crippen MR) is 141 cm³/mol. The maximum Gasteiger partial charge on any atom is 0.243 e. The molecule has 0 bridgehead atoms. The van der Waals surface area contributed by atoms with Gasteiger partial charge in [-0.1, -0.05) is 6.07 Å². The Bertz CT molecular complexity index is 1640. The van der Waals surface area contributed by atoms with Gasteiger partial charge in [0, 0.05) is 13.1 Å². The van der Waals surface area contributed by atoms with Crippen LogP contribution in [0.5, 0.6) is 11.5 Å². The van der Waals surface area contributed by atoms with Crippen molar-refractivity contribution in [2.75, 3.05) is 36.9 Å². The normalized spacial score (nSPS) is 17.3. The number of halogens is 1. The summed E-state index contributed by atoms with van der Waals surface area (Å²) < 4.78 is 61.8. The number of aryl methyl sites for hydroxylation is 1. The second kappa shape index (κ2) is 10.8. The highest BCUT2D eigenvalue weighted by Gasteiger charge is 2.38. The summed E-state index contributed by atoms with van der Waals surface area (Å²) in [4.78, 5) is 9.45. The highest BCUT2D eigenvalue weighted by Crippen LogP contribution is 2.38. The van der Waals surface area contributed by atoms with Gasteiger partial charge in [-0.2, -0.15) is 5.26 Å². The van der Waals surface area contributed by atoms with Gasteiger partial charge in [0.25, 0.3) is 0 Å². The van der Waals surface area contributed by atoms with Crippen LogP contribution in [0.1, 0.15) is 12.2 Å². The monoisotopic (exact) mass is 568 g/mol. The number of nitriles is 1. The Hall–Kier alpha value is -4.71. The molecule has 0 amide bonds. The van der Waals surface area contributed by atoms with Gasteiger partial charge in [-0.15, -0.1) is 10.2 Å². The van der Waals surface area contributed by atoms with Gasteiger partial charge in [0.1, 0.15) is 22.9 Å². The number of nitrogens with zero attached hydrogens (tertiary/aromatic N) is 7. The number of hydrogen-bond acceptors (Lipinski definition) is 11. The van der Waals surface area contributed by atoms with E-state index in [0.29, 0.717) is 28.7 Å². The summed E-state index contributed by atoms with van der Waals surface area (Å²) in [6.07, 6.45) is 2.03. The van der Waals surface area contributed by atoms with E-state index in [-0.39, 0.29) is 37.2 Å². The van der Waals surface area contributed by atoms with E-state index in [9.17, 15) is 18.1 Å². The smallest absolute Gasteiger partial charge is 0.243 e. The van der Waals surface area contributed by atoms with Crippen LogP contribution in [0.2, 0.25) is 0 Å². The van der Waals surface area contributed by atoms with E-state index in [1.165, 1.54) is 18.8 Å². The number of methoxy groups -OCH3 is 2.